The predicted octanol–water partition coefficient (Wildman–Crippen LogP) is 3.18. The third-order valence-corrected chi connectivity index (χ3v) is 4.69. The number of carbonyl (C=O) groups excluding carboxylic acids is 1. The van der Waals surface area contributed by atoms with Crippen LogP contribution in [0.1, 0.15) is 25.0 Å². The molecule has 0 aromatic heterocycles. The minimum Gasteiger partial charge on any atom is -0.353 e. The van der Waals surface area contributed by atoms with Crippen LogP contribution in [0.5, 0.6) is 0 Å². The number of hydrogen-bond donors (Lipinski definition) is 1. The van der Waals surface area contributed by atoms with Crippen LogP contribution in [-0.2, 0) is 11.3 Å². The molecule has 1 amide bonds. The molecule has 1 heterocycles. The van der Waals surface area contributed by atoms with E-state index in [-0.39, 0.29) is 17.9 Å². The number of rotatable bonds is 4. The van der Waals surface area contributed by atoms with Gasteiger partial charge in [-0.3, -0.25) is 9.69 Å². The van der Waals surface area contributed by atoms with Crippen molar-refractivity contribution in [1.82, 2.24) is 10.2 Å². The molecule has 4 nitrogen and oxygen atoms in total. The average molecular weight is 333 g/mol. The minimum absolute atomic E-state index is 0.0762. The zero-order valence-corrected chi connectivity index (χ0v) is 14.7. The summed E-state index contributed by atoms with van der Waals surface area (Å²) >= 11 is 0. The first kappa shape index (κ1) is 17.2. The van der Waals surface area contributed by atoms with Crippen LogP contribution < -0.4 is 5.32 Å². The molecule has 3 rings (SSSR count). The fourth-order valence-corrected chi connectivity index (χ4v) is 3.49. The maximum atomic E-state index is 12.2. The summed E-state index contributed by atoms with van der Waals surface area (Å²) < 4.78 is 0. The van der Waals surface area contributed by atoms with Crippen LogP contribution >= 0.6 is 0 Å². The SMILES string of the molecule is CC(C)C1C(=O)NCCN1Cc1ccc(-c2ccccc2C#N)cc1. The molecular formula is C21H23N3O. The lowest BCUT2D eigenvalue weighted by molar-refractivity contribution is -0.131. The van der Waals surface area contributed by atoms with E-state index in [0.29, 0.717) is 12.1 Å². The zero-order chi connectivity index (χ0) is 17.8. The van der Waals surface area contributed by atoms with E-state index in [0.717, 1.165) is 24.2 Å². The fraction of sp³-hybridized carbons (Fsp3) is 0.333. The normalized spacial score (nSPS) is 18.0. The molecule has 0 bridgehead atoms. The third-order valence-electron chi connectivity index (χ3n) is 4.69. The Hall–Kier alpha value is -2.64. The van der Waals surface area contributed by atoms with Gasteiger partial charge in [0.2, 0.25) is 5.91 Å². The minimum atomic E-state index is -0.0762. The van der Waals surface area contributed by atoms with E-state index in [1.165, 1.54) is 5.56 Å². The molecule has 0 saturated carbocycles. The lowest BCUT2D eigenvalue weighted by Crippen LogP contribution is -2.56. The summed E-state index contributed by atoms with van der Waals surface area (Å²) in [5, 5.41) is 12.2. The van der Waals surface area contributed by atoms with Crippen molar-refractivity contribution in [2.24, 2.45) is 5.92 Å². The molecule has 0 spiro atoms. The number of nitriles is 1. The maximum absolute atomic E-state index is 12.2. The van der Waals surface area contributed by atoms with Crippen LogP contribution in [0, 0.1) is 17.2 Å². The van der Waals surface area contributed by atoms with Crippen molar-refractivity contribution in [3.63, 3.8) is 0 Å². The van der Waals surface area contributed by atoms with E-state index in [4.69, 9.17) is 0 Å². The summed E-state index contributed by atoms with van der Waals surface area (Å²) in [6, 6.07) is 18.1. The molecule has 0 aliphatic carbocycles. The summed E-state index contributed by atoms with van der Waals surface area (Å²) in [5.74, 6) is 0.405. The molecule has 1 saturated heterocycles. The van der Waals surface area contributed by atoms with E-state index >= 15 is 0 Å². The summed E-state index contributed by atoms with van der Waals surface area (Å²) in [6.07, 6.45) is 0. The first-order valence-corrected chi connectivity index (χ1v) is 8.70. The number of hydrogen-bond acceptors (Lipinski definition) is 3. The molecule has 0 radical (unpaired) electrons. The molecule has 128 valence electrons. The van der Waals surface area contributed by atoms with Crippen molar-refractivity contribution >= 4 is 5.91 Å². The van der Waals surface area contributed by atoms with E-state index < -0.39 is 0 Å². The number of carbonyl (C=O) groups is 1. The Morgan fingerprint density at radius 2 is 1.92 bits per heavy atom. The second-order valence-corrected chi connectivity index (χ2v) is 6.80. The summed E-state index contributed by atoms with van der Waals surface area (Å²) in [7, 11) is 0. The Morgan fingerprint density at radius 1 is 1.20 bits per heavy atom. The summed E-state index contributed by atoms with van der Waals surface area (Å²) in [6.45, 7) is 6.51. The molecule has 2 aromatic rings. The molecule has 1 unspecified atom stereocenters. The van der Waals surface area contributed by atoms with Crippen LogP contribution in [0.4, 0.5) is 0 Å². The molecule has 25 heavy (non-hydrogen) atoms. The first-order chi connectivity index (χ1) is 12.1. The molecule has 2 aromatic carbocycles. The van der Waals surface area contributed by atoms with Gasteiger partial charge in [0, 0.05) is 19.6 Å². The average Bonchev–Trinajstić information content (AvgIpc) is 2.62. The van der Waals surface area contributed by atoms with Crippen molar-refractivity contribution in [1.29, 1.82) is 5.26 Å². The molecule has 4 heteroatoms. The van der Waals surface area contributed by atoms with Gasteiger partial charge < -0.3 is 5.32 Å². The molecule has 1 fully saturated rings. The van der Waals surface area contributed by atoms with E-state index in [2.05, 4.69) is 54.4 Å². The van der Waals surface area contributed by atoms with Gasteiger partial charge in [0.05, 0.1) is 17.7 Å². The molecule has 1 aliphatic rings. The number of piperazine rings is 1. The van der Waals surface area contributed by atoms with Gasteiger partial charge in [-0.05, 0) is 28.7 Å². The first-order valence-electron chi connectivity index (χ1n) is 8.70. The Kier molecular flexibility index (Phi) is 5.16. The number of benzene rings is 2. The van der Waals surface area contributed by atoms with Crippen molar-refractivity contribution in [2.75, 3.05) is 13.1 Å². The Balaban J connectivity index is 1.79. The number of nitrogens with zero attached hydrogens (tertiary/aromatic N) is 2. The van der Waals surface area contributed by atoms with Gasteiger partial charge in [-0.25, -0.2) is 0 Å². The van der Waals surface area contributed by atoms with Crippen molar-refractivity contribution in [3.8, 4) is 17.2 Å². The van der Waals surface area contributed by atoms with Crippen molar-refractivity contribution < 1.29 is 4.79 Å². The Morgan fingerprint density at radius 3 is 2.60 bits per heavy atom. The smallest absolute Gasteiger partial charge is 0.237 e. The zero-order valence-electron chi connectivity index (χ0n) is 14.7. The summed E-state index contributed by atoms with van der Waals surface area (Å²) in [4.78, 5) is 14.4. The number of amides is 1. The van der Waals surface area contributed by atoms with Crippen LogP contribution in [0.15, 0.2) is 48.5 Å². The fourth-order valence-electron chi connectivity index (χ4n) is 3.49. The topological polar surface area (TPSA) is 56.1 Å². The Labute approximate surface area is 149 Å². The van der Waals surface area contributed by atoms with Crippen LogP contribution in [0.25, 0.3) is 11.1 Å². The quantitative estimate of drug-likeness (QED) is 0.935. The van der Waals surface area contributed by atoms with Crippen LogP contribution in [0.2, 0.25) is 0 Å². The standard InChI is InChI=1S/C21H23N3O/c1-15(2)20-21(25)23-11-12-24(20)14-16-7-9-17(10-8-16)19-6-4-3-5-18(19)13-22/h3-10,15,20H,11-12,14H2,1-2H3,(H,23,25). The number of nitrogens with one attached hydrogen (secondary N) is 1. The Bertz CT molecular complexity index is 790. The monoisotopic (exact) mass is 333 g/mol. The lowest BCUT2D eigenvalue weighted by Gasteiger charge is -2.37. The molecular weight excluding hydrogens is 310 g/mol. The van der Waals surface area contributed by atoms with Gasteiger partial charge in [0.25, 0.3) is 0 Å². The predicted molar refractivity (Wildman–Crippen MR) is 98.6 cm³/mol. The molecule has 1 aliphatic heterocycles. The molecule has 1 atom stereocenters. The summed E-state index contributed by atoms with van der Waals surface area (Å²) in [5.41, 5.74) is 3.85. The van der Waals surface area contributed by atoms with Crippen LogP contribution in [-0.4, -0.2) is 29.9 Å². The largest absolute Gasteiger partial charge is 0.353 e. The van der Waals surface area contributed by atoms with Gasteiger partial charge >= 0.3 is 0 Å². The van der Waals surface area contributed by atoms with Crippen molar-refractivity contribution in [2.45, 2.75) is 26.4 Å². The third kappa shape index (κ3) is 3.72. The highest BCUT2D eigenvalue weighted by Gasteiger charge is 2.31. The highest BCUT2D eigenvalue weighted by atomic mass is 16.2. The van der Waals surface area contributed by atoms with Gasteiger partial charge in [-0.15, -0.1) is 0 Å². The van der Waals surface area contributed by atoms with Gasteiger partial charge in [0.1, 0.15) is 0 Å². The van der Waals surface area contributed by atoms with E-state index in [1.54, 1.807) is 0 Å². The van der Waals surface area contributed by atoms with Gasteiger partial charge in [0.15, 0.2) is 0 Å². The van der Waals surface area contributed by atoms with Crippen molar-refractivity contribution in [3.05, 3.63) is 59.7 Å². The van der Waals surface area contributed by atoms with Gasteiger partial charge in [-0.2, -0.15) is 5.26 Å². The second-order valence-electron chi connectivity index (χ2n) is 6.80. The highest BCUT2D eigenvalue weighted by molar-refractivity contribution is 5.82. The van der Waals surface area contributed by atoms with E-state index in [1.807, 2.05) is 24.3 Å². The lowest BCUT2D eigenvalue weighted by atomic mass is 9.97. The molecule has 1 N–H and O–H groups in total. The van der Waals surface area contributed by atoms with Gasteiger partial charge in [-0.1, -0.05) is 56.3 Å². The second kappa shape index (κ2) is 7.50. The maximum Gasteiger partial charge on any atom is 0.237 e. The van der Waals surface area contributed by atoms with E-state index in [9.17, 15) is 10.1 Å². The van der Waals surface area contributed by atoms with Crippen LogP contribution in [0.3, 0.4) is 0 Å². The highest BCUT2D eigenvalue weighted by Crippen LogP contribution is 2.24.